The molecule has 0 unspecified atom stereocenters. The van der Waals surface area contributed by atoms with Gasteiger partial charge in [-0.25, -0.2) is 4.98 Å². The van der Waals surface area contributed by atoms with Crippen LogP contribution in [-0.2, 0) is 4.79 Å². The first kappa shape index (κ1) is 21.3. The molecule has 7 heteroatoms. The summed E-state index contributed by atoms with van der Waals surface area (Å²) in [5.74, 6) is -0.0112. The molecule has 1 saturated heterocycles. The molecule has 2 amide bonds. The highest BCUT2D eigenvalue weighted by Gasteiger charge is 2.23. The number of carbonyl (C=O) groups excluding carboxylic acids is 2. The number of piperidine rings is 1. The van der Waals surface area contributed by atoms with Crippen molar-refractivity contribution in [1.29, 1.82) is 0 Å². The van der Waals surface area contributed by atoms with Crippen LogP contribution in [0.4, 0.5) is 0 Å². The summed E-state index contributed by atoms with van der Waals surface area (Å²) in [5, 5.41) is 6.77. The standard InChI is InChI=1S/C22H28N4O2S/c1-2-12-23-20(27)16-26-14-10-17(11-15-26)25-21(28)19-9-6-13-24-22(19)29-18-7-4-3-5-8-18/h3-9,13,17H,2,10-12,14-16H2,1H3,(H,23,27)(H,25,28). The molecule has 0 spiro atoms. The lowest BCUT2D eigenvalue weighted by molar-refractivity contribution is -0.122. The van der Waals surface area contributed by atoms with E-state index in [0.29, 0.717) is 17.1 Å². The number of hydrogen-bond donors (Lipinski definition) is 2. The Bertz CT molecular complexity index is 807. The van der Waals surface area contributed by atoms with Gasteiger partial charge in [0.1, 0.15) is 5.03 Å². The number of likely N-dealkylation sites (tertiary alicyclic amines) is 1. The van der Waals surface area contributed by atoms with E-state index in [9.17, 15) is 9.59 Å². The highest BCUT2D eigenvalue weighted by atomic mass is 32.2. The van der Waals surface area contributed by atoms with E-state index in [-0.39, 0.29) is 17.9 Å². The Morgan fingerprint density at radius 1 is 1.14 bits per heavy atom. The highest BCUT2D eigenvalue weighted by Crippen LogP contribution is 2.28. The Morgan fingerprint density at radius 3 is 2.62 bits per heavy atom. The van der Waals surface area contributed by atoms with Crippen LogP contribution < -0.4 is 10.6 Å². The molecule has 0 radical (unpaired) electrons. The molecule has 2 heterocycles. The summed E-state index contributed by atoms with van der Waals surface area (Å²) in [7, 11) is 0. The summed E-state index contributed by atoms with van der Waals surface area (Å²) in [5.41, 5.74) is 0.600. The fourth-order valence-corrected chi connectivity index (χ4v) is 4.17. The maximum atomic E-state index is 12.9. The van der Waals surface area contributed by atoms with E-state index < -0.39 is 0 Å². The number of amides is 2. The number of aromatic nitrogens is 1. The Labute approximate surface area is 176 Å². The van der Waals surface area contributed by atoms with Crippen LogP contribution in [0.3, 0.4) is 0 Å². The van der Waals surface area contributed by atoms with Crippen molar-refractivity contribution in [2.24, 2.45) is 0 Å². The molecule has 0 bridgehead atoms. The quantitative estimate of drug-likeness (QED) is 0.697. The van der Waals surface area contributed by atoms with Gasteiger partial charge in [0.15, 0.2) is 0 Å². The minimum absolute atomic E-state index is 0.0762. The number of carbonyl (C=O) groups is 2. The second kappa shape index (κ2) is 11.0. The smallest absolute Gasteiger partial charge is 0.254 e. The fourth-order valence-electron chi connectivity index (χ4n) is 3.27. The van der Waals surface area contributed by atoms with E-state index in [0.717, 1.165) is 43.8 Å². The van der Waals surface area contributed by atoms with Gasteiger partial charge >= 0.3 is 0 Å². The van der Waals surface area contributed by atoms with Gasteiger partial charge in [-0.05, 0) is 43.5 Å². The van der Waals surface area contributed by atoms with Crippen LogP contribution in [0, 0.1) is 0 Å². The van der Waals surface area contributed by atoms with Gasteiger partial charge in [-0.2, -0.15) is 0 Å². The van der Waals surface area contributed by atoms with Crippen LogP contribution in [-0.4, -0.2) is 53.9 Å². The van der Waals surface area contributed by atoms with Crippen molar-refractivity contribution in [2.75, 3.05) is 26.2 Å². The maximum absolute atomic E-state index is 12.9. The zero-order valence-corrected chi connectivity index (χ0v) is 17.6. The van der Waals surface area contributed by atoms with Crippen molar-refractivity contribution in [1.82, 2.24) is 20.5 Å². The highest BCUT2D eigenvalue weighted by molar-refractivity contribution is 7.99. The van der Waals surface area contributed by atoms with Crippen molar-refractivity contribution in [2.45, 2.75) is 42.1 Å². The predicted octanol–water partition coefficient (Wildman–Crippen LogP) is 2.95. The summed E-state index contributed by atoms with van der Waals surface area (Å²) >= 11 is 1.49. The average molecular weight is 413 g/mol. The average Bonchev–Trinajstić information content (AvgIpc) is 2.75. The monoisotopic (exact) mass is 412 g/mol. The molecule has 154 valence electrons. The molecular formula is C22H28N4O2S. The first-order chi connectivity index (χ1) is 14.2. The lowest BCUT2D eigenvalue weighted by atomic mass is 10.0. The van der Waals surface area contributed by atoms with Crippen molar-refractivity contribution >= 4 is 23.6 Å². The number of benzene rings is 1. The van der Waals surface area contributed by atoms with Gasteiger partial charge in [-0.1, -0.05) is 36.9 Å². The molecule has 2 aromatic rings. The molecule has 1 aromatic carbocycles. The van der Waals surface area contributed by atoms with E-state index in [4.69, 9.17) is 0 Å². The van der Waals surface area contributed by atoms with E-state index >= 15 is 0 Å². The van der Waals surface area contributed by atoms with Crippen LogP contribution in [0.15, 0.2) is 58.6 Å². The normalized spacial score (nSPS) is 15.1. The molecule has 1 aromatic heterocycles. The van der Waals surface area contributed by atoms with Gasteiger partial charge in [-0.3, -0.25) is 14.5 Å². The second-order valence-electron chi connectivity index (χ2n) is 7.15. The Morgan fingerprint density at radius 2 is 1.90 bits per heavy atom. The van der Waals surface area contributed by atoms with Crippen molar-refractivity contribution < 1.29 is 9.59 Å². The predicted molar refractivity (Wildman–Crippen MR) is 115 cm³/mol. The van der Waals surface area contributed by atoms with Gasteiger partial charge in [0.05, 0.1) is 12.1 Å². The molecule has 29 heavy (non-hydrogen) atoms. The maximum Gasteiger partial charge on any atom is 0.254 e. The molecule has 1 aliphatic rings. The van der Waals surface area contributed by atoms with Crippen molar-refractivity contribution in [3.8, 4) is 0 Å². The SMILES string of the molecule is CCCNC(=O)CN1CCC(NC(=O)c2cccnc2Sc2ccccc2)CC1. The number of pyridine rings is 1. The van der Waals surface area contributed by atoms with Crippen LogP contribution in [0.5, 0.6) is 0 Å². The van der Waals surface area contributed by atoms with Gasteiger partial charge in [0.25, 0.3) is 5.91 Å². The zero-order valence-electron chi connectivity index (χ0n) is 16.8. The summed E-state index contributed by atoms with van der Waals surface area (Å²) in [6.45, 7) is 4.81. The molecule has 3 rings (SSSR count). The van der Waals surface area contributed by atoms with Gasteiger partial charge in [0, 0.05) is 36.8 Å². The molecule has 2 N–H and O–H groups in total. The van der Waals surface area contributed by atoms with Gasteiger partial charge < -0.3 is 10.6 Å². The summed E-state index contributed by atoms with van der Waals surface area (Å²) in [6.07, 6.45) is 4.34. The first-order valence-electron chi connectivity index (χ1n) is 10.1. The minimum Gasteiger partial charge on any atom is -0.355 e. The first-order valence-corrected chi connectivity index (χ1v) is 10.9. The third-order valence-corrected chi connectivity index (χ3v) is 5.86. The largest absolute Gasteiger partial charge is 0.355 e. The Hall–Kier alpha value is -2.38. The van der Waals surface area contributed by atoms with Gasteiger partial charge in [0.2, 0.25) is 5.91 Å². The third-order valence-electron chi connectivity index (χ3n) is 4.84. The molecule has 0 saturated carbocycles. The van der Waals surface area contributed by atoms with E-state index in [2.05, 4.69) is 20.5 Å². The Balaban J connectivity index is 1.52. The van der Waals surface area contributed by atoms with Gasteiger partial charge in [-0.15, -0.1) is 0 Å². The number of nitrogens with zero attached hydrogens (tertiary/aromatic N) is 2. The third kappa shape index (κ3) is 6.58. The zero-order chi connectivity index (χ0) is 20.5. The fraction of sp³-hybridized carbons (Fsp3) is 0.409. The van der Waals surface area contributed by atoms with Crippen LogP contribution >= 0.6 is 11.8 Å². The van der Waals surface area contributed by atoms with Crippen LogP contribution in [0.25, 0.3) is 0 Å². The number of rotatable bonds is 8. The summed E-state index contributed by atoms with van der Waals surface area (Å²) in [4.78, 5) is 32.3. The molecule has 6 nitrogen and oxygen atoms in total. The molecule has 1 aliphatic heterocycles. The van der Waals surface area contributed by atoms with E-state index in [1.54, 1.807) is 12.3 Å². The molecule has 1 fully saturated rings. The topological polar surface area (TPSA) is 74.3 Å². The minimum atomic E-state index is -0.0873. The van der Waals surface area contributed by atoms with E-state index in [1.165, 1.54) is 11.8 Å². The van der Waals surface area contributed by atoms with E-state index in [1.807, 2.05) is 43.3 Å². The van der Waals surface area contributed by atoms with Crippen LogP contribution in [0.2, 0.25) is 0 Å². The number of nitrogens with one attached hydrogen (secondary N) is 2. The molecule has 0 aliphatic carbocycles. The summed E-state index contributed by atoms with van der Waals surface area (Å²) < 4.78 is 0. The lowest BCUT2D eigenvalue weighted by Gasteiger charge is -2.31. The molecular weight excluding hydrogens is 384 g/mol. The summed E-state index contributed by atoms with van der Waals surface area (Å²) in [6, 6.07) is 13.7. The second-order valence-corrected chi connectivity index (χ2v) is 8.21. The van der Waals surface area contributed by atoms with Crippen LogP contribution in [0.1, 0.15) is 36.5 Å². The van der Waals surface area contributed by atoms with Crippen molar-refractivity contribution in [3.63, 3.8) is 0 Å². The lowest BCUT2D eigenvalue weighted by Crippen LogP contribution is -2.47. The van der Waals surface area contributed by atoms with Crippen molar-refractivity contribution in [3.05, 3.63) is 54.2 Å². The Kier molecular flexibility index (Phi) is 8.07. The number of hydrogen-bond acceptors (Lipinski definition) is 5. The molecule has 0 atom stereocenters.